The molecule has 1 aliphatic rings. The quantitative estimate of drug-likeness (QED) is 0.804. The summed E-state index contributed by atoms with van der Waals surface area (Å²) in [4.78, 5) is 0. The molecule has 0 aromatic heterocycles. The summed E-state index contributed by atoms with van der Waals surface area (Å²) in [7, 11) is 0. The first-order valence-electron chi connectivity index (χ1n) is 6.52. The summed E-state index contributed by atoms with van der Waals surface area (Å²) in [6, 6.07) is 3.39. The van der Waals surface area contributed by atoms with Gasteiger partial charge in [0.2, 0.25) is 0 Å². The second kappa shape index (κ2) is 5.83. The minimum atomic E-state index is -4.32. The van der Waals surface area contributed by atoms with Crippen LogP contribution in [0.5, 0.6) is 0 Å². The lowest BCUT2D eigenvalue weighted by atomic mass is 9.81. The monoisotopic (exact) mass is 335 g/mol. The molecule has 0 bridgehead atoms. The van der Waals surface area contributed by atoms with E-state index in [1.165, 1.54) is 18.6 Å². The fourth-order valence-corrected chi connectivity index (χ4v) is 3.23. The van der Waals surface area contributed by atoms with Crippen LogP contribution in [-0.4, -0.2) is 0 Å². The molecule has 0 aliphatic heterocycles. The van der Waals surface area contributed by atoms with E-state index < -0.39 is 11.7 Å². The molecule has 1 aromatic rings. The van der Waals surface area contributed by atoms with Crippen LogP contribution >= 0.6 is 15.9 Å². The summed E-state index contributed by atoms with van der Waals surface area (Å²) in [5.74, 6) is 0.286. The van der Waals surface area contributed by atoms with Gasteiger partial charge in [-0.3, -0.25) is 0 Å². The molecular weight excluding hydrogens is 319 g/mol. The van der Waals surface area contributed by atoms with Crippen molar-refractivity contribution in [3.05, 3.63) is 33.8 Å². The smallest absolute Gasteiger partial charge is 0.324 e. The summed E-state index contributed by atoms with van der Waals surface area (Å²) in [5.41, 5.74) is 6.13. The van der Waals surface area contributed by atoms with Crippen molar-refractivity contribution in [2.24, 2.45) is 11.7 Å². The summed E-state index contributed by atoms with van der Waals surface area (Å²) in [6.07, 6.45) is 1.13. The lowest BCUT2D eigenvalue weighted by Gasteiger charge is -2.28. The molecule has 1 saturated carbocycles. The lowest BCUT2D eigenvalue weighted by molar-refractivity contribution is -0.137. The molecule has 0 unspecified atom stereocenters. The van der Waals surface area contributed by atoms with Gasteiger partial charge in [-0.2, -0.15) is 13.2 Å². The van der Waals surface area contributed by atoms with Crippen molar-refractivity contribution < 1.29 is 13.2 Å². The van der Waals surface area contributed by atoms with Crippen molar-refractivity contribution in [1.29, 1.82) is 0 Å². The number of alkyl halides is 3. The molecule has 0 saturated heterocycles. The average molecular weight is 336 g/mol. The van der Waals surface area contributed by atoms with E-state index in [4.69, 9.17) is 5.73 Å². The van der Waals surface area contributed by atoms with Gasteiger partial charge in [-0.15, -0.1) is 0 Å². The van der Waals surface area contributed by atoms with Gasteiger partial charge in [0.05, 0.1) is 5.56 Å². The Kier molecular flexibility index (Phi) is 4.56. The highest BCUT2D eigenvalue weighted by Gasteiger charge is 2.32. The molecule has 0 heterocycles. The normalized spacial score (nSPS) is 19.4. The Labute approximate surface area is 119 Å². The summed E-state index contributed by atoms with van der Waals surface area (Å²) in [6.45, 7) is 0. The fourth-order valence-electron chi connectivity index (χ4n) is 2.72. The van der Waals surface area contributed by atoms with Crippen LogP contribution in [0.15, 0.2) is 22.7 Å². The lowest BCUT2D eigenvalue weighted by Crippen LogP contribution is -2.24. The Morgan fingerprint density at radius 2 is 1.79 bits per heavy atom. The largest absolute Gasteiger partial charge is 0.416 e. The van der Waals surface area contributed by atoms with Gasteiger partial charge in [0, 0.05) is 10.5 Å². The highest BCUT2D eigenvalue weighted by molar-refractivity contribution is 9.10. The topological polar surface area (TPSA) is 26.0 Å². The van der Waals surface area contributed by atoms with Gasteiger partial charge >= 0.3 is 6.18 Å². The first-order valence-corrected chi connectivity index (χ1v) is 7.31. The molecule has 0 spiro atoms. The van der Waals surface area contributed by atoms with Gasteiger partial charge in [-0.25, -0.2) is 0 Å². The minimum absolute atomic E-state index is 0.286. The SMILES string of the molecule is N[C@@H](c1cc(C(F)(F)F)ccc1Br)C1CCCCC1. The van der Waals surface area contributed by atoms with E-state index in [0.717, 1.165) is 31.7 Å². The van der Waals surface area contributed by atoms with Crippen LogP contribution in [0.1, 0.15) is 49.3 Å². The van der Waals surface area contributed by atoms with Gasteiger partial charge in [-0.05, 0) is 42.5 Å². The van der Waals surface area contributed by atoms with Crippen LogP contribution in [0.3, 0.4) is 0 Å². The molecule has 1 atom stereocenters. The number of rotatable bonds is 2. The van der Waals surface area contributed by atoms with E-state index in [9.17, 15) is 13.2 Å². The molecule has 1 aromatic carbocycles. The molecule has 0 amide bonds. The van der Waals surface area contributed by atoms with Gasteiger partial charge in [0.1, 0.15) is 0 Å². The van der Waals surface area contributed by atoms with Crippen LogP contribution in [-0.2, 0) is 6.18 Å². The molecule has 1 aliphatic carbocycles. The van der Waals surface area contributed by atoms with E-state index >= 15 is 0 Å². The Morgan fingerprint density at radius 1 is 1.16 bits per heavy atom. The molecule has 19 heavy (non-hydrogen) atoms. The zero-order chi connectivity index (χ0) is 14.0. The van der Waals surface area contributed by atoms with Crippen LogP contribution in [0.4, 0.5) is 13.2 Å². The van der Waals surface area contributed by atoms with Gasteiger partial charge < -0.3 is 5.73 Å². The number of benzene rings is 1. The standard InChI is InChI=1S/C14H17BrF3N/c15-12-7-6-10(14(16,17)18)8-11(12)13(19)9-4-2-1-3-5-9/h6-9,13H,1-5,19H2/t13-/m1/s1. The van der Waals surface area contributed by atoms with Gasteiger partial charge in [0.15, 0.2) is 0 Å². The Hall–Kier alpha value is -0.550. The van der Waals surface area contributed by atoms with Crippen molar-refractivity contribution in [3.8, 4) is 0 Å². The zero-order valence-corrected chi connectivity index (χ0v) is 12.1. The third kappa shape index (κ3) is 3.51. The molecule has 2 N–H and O–H groups in total. The zero-order valence-electron chi connectivity index (χ0n) is 10.5. The van der Waals surface area contributed by atoms with Gasteiger partial charge in [-0.1, -0.05) is 35.2 Å². The summed E-state index contributed by atoms with van der Waals surface area (Å²) >= 11 is 3.32. The van der Waals surface area contributed by atoms with Crippen LogP contribution in [0, 0.1) is 5.92 Å². The van der Waals surface area contributed by atoms with Crippen molar-refractivity contribution >= 4 is 15.9 Å². The van der Waals surface area contributed by atoms with E-state index in [0.29, 0.717) is 10.0 Å². The predicted octanol–water partition coefficient (Wildman–Crippen LogP) is 5.05. The second-order valence-corrected chi connectivity index (χ2v) is 6.01. The first kappa shape index (κ1) is 14.9. The molecule has 5 heteroatoms. The predicted molar refractivity (Wildman–Crippen MR) is 72.6 cm³/mol. The number of nitrogens with two attached hydrogens (primary N) is 1. The number of hydrogen-bond acceptors (Lipinski definition) is 1. The number of halogens is 4. The average Bonchev–Trinajstić information content (AvgIpc) is 2.38. The minimum Gasteiger partial charge on any atom is -0.324 e. The molecule has 1 fully saturated rings. The maximum atomic E-state index is 12.7. The fraction of sp³-hybridized carbons (Fsp3) is 0.571. The van der Waals surface area contributed by atoms with E-state index in [-0.39, 0.29) is 12.0 Å². The van der Waals surface area contributed by atoms with Crippen LogP contribution < -0.4 is 5.73 Å². The third-order valence-corrected chi connectivity index (χ3v) is 4.56. The Balaban J connectivity index is 2.27. The molecule has 1 nitrogen and oxygen atoms in total. The maximum absolute atomic E-state index is 12.7. The van der Waals surface area contributed by atoms with Gasteiger partial charge in [0.25, 0.3) is 0 Å². The molecule has 0 radical (unpaired) electrons. The van der Waals surface area contributed by atoms with Crippen molar-refractivity contribution in [3.63, 3.8) is 0 Å². The number of hydrogen-bond donors (Lipinski definition) is 1. The van der Waals surface area contributed by atoms with E-state index in [1.807, 2.05) is 0 Å². The first-order chi connectivity index (χ1) is 8.89. The summed E-state index contributed by atoms with van der Waals surface area (Å²) in [5, 5.41) is 0. The van der Waals surface area contributed by atoms with E-state index in [2.05, 4.69) is 15.9 Å². The molecule has 106 valence electrons. The van der Waals surface area contributed by atoms with Crippen molar-refractivity contribution in [1.82, 2.24) is 0 Å². The highest BCUT2D eigenvalue weighted by atomic mass is 79.9. The van der Waals surface area contributed by atoms with Crippen molar-refractivity contribution in [2.45, 2.75) is 44.3 Å². The maximum Gasteiger partial charge on any atom is 0.416 e. The summed E-state index contributed by atoms with van der Waals surface area (Å²) < 4.78 is 38.9. The molecule has 2 rings (SSSR count). The third-order valence-electron chi connectivity index (χ3n) is 3.84. The van der Waals surface area contributed by atoms with Crippen LogP contribution in [0.2, 0.25) is 0 Å². The van der Waals surface area contributed by atoms with E-state index in [1.54, 1.807) is 0 Å². The highest BCUT2D eigenvalue weighted by Crippen LogP contribution is 2.38. The molecular formula is C14H17BrF3N. The van der Waals surface area contributed by atoms with Crippen molar-refractivity contribution in [2.75, 3.05) is 0 Å². The Morgan fingerprint density at radius 3 is 2.37 bits per heavy atom. The van der Waals surface area contributed by atoms with Crippen LogP contribution in [0.25, 0.3) is 0 Å². The Bertz CT molecular complexity index is 439. The second-order valence-electron chi connectivity index (χ2n) is 5.16.